The molecule has 0 fully saturated rings. The Labute approximate surface area is 179 Å². The normalized spacial score (nSPS) is 11.7. The molecule has 156 valence electrons. The predicted octanol–water partition coefficient (Wildman–Crippen LogP) is 4.91. The largest absolute Gasteiger partial charge is 0.354 e. The molecule has 1 atom stereocenters. The Morgan fingerprint density at radius 1 is 1.00 bits per heavy atom. The Hall–Kier alpha value is -2.33. The first-order valence-corrected chi connectivity index (χ1v) is 10.7. The first-order chi connectivity index (χ1) is 13.9. The summed E-state index contributed by atoms with van der Waals surface area (Å²) in [4.78, 5) is 27.7. The van der Waals surface area contributed by atoms with Crippen LogP contribution in [-0.2, 0) is 22.6 Å². The average molecular weight is 415 g/mol. The minimum Gasteiger partial charge on any atom is -0.354 e. The highest BCUT2D eigenvalue weighted by molar-refractivity contribution is 6.30. The first kappa shape index (κ1) is 23.0. The van der Waals surface area contributed by atoms with Gasteiger partial charge < -0.3 is 10.2 Å². The van der Waals surface area contributed by atoms with Gasteiger partial charge in [0.05, 0.1) is 6.42 Å². The van der Waals surface area contributed by atoms with Gasteiger partial charge in [-0.15, -0.1) is 0 Å². The van der Waals surface area contributed by atoms with Crippen LogP contribution in [0.2, 0.25) is 5.02 Å². The van der Waals surface area contributed by atoms with Crippen LogP contribution in [-0.4, -0.2) is 29.3 Å². The van der Waals surface area contributed by atoms with Crippen LogP contribution in [0.1, 0.15) is 49.8 Å². The van der Waals surface area contributed by atoms with Crippen molar-refractivity contribution in [3.63, 3.8) is 0 Å². The van der Waals surface area contributed by atoms with Crippen LogP contribution in [0.3, 0.4) is 0 Å². The molecule has 2 aromatic carbocycles. The van der Waals surface area contributed by atoms with Crippen molar-refractivity contribution in [1.29, 1.82) is 0 Å². The highest BCUT2D eigenvalue weighted by Gasteiger charge is 2.28. The molecule has 2 amide bonds. The van der Waals surface area contributed by atoms with Gasteiger partial charge in [0.1, 0.15) is 6.04 Å². The van der Waals surface area contributed by atoms with Crippen molar-refractivity contribution in [2.75, 3.05) is 6.54 Å². The molecule has 5 heteroatoms. The number of unbranched alkanes of at least 4 members (excludes halogenated alkanes) is 1. The second-order valence-corrected chi connectivity index (χ2v) is 7.82. The molecule has 0 spiro atoms. The number of benzene rings is 2. The lowest BCUT2D eigenvalue weighted by atomic mass is 10.1. The summed E-state index contributed by atoms with van der Waals surface area (Å²) >= 11 is 5.96. The van der Waals surface area contributed by atoms with E-state index in [2.05, 4.69) is 12.2 Å². The number of aryl methyl sites for hydroxylation is 1. The van der Waals surface area contributed by atoms with Gasteiger partial charge in [0.2, 0.25) is 11.8 Å². The molecule has 1 unspecified atom stereocenters. The van der Waals surface area contributed by atoms with E-state index in [1.807, 2.05) is 50.2 Å². The minimum atomic E-state index is -0.493. The van der Waals surface area contributed by atoms with E-state index in [-0.39, 0.29) is 18.2 Å². The fraction of sp³-hybridized carbons (Fsp3) is 0.417. The van der Waals surface area contributed by atoms with Crippen molar-refractivity contribution < 1.29 is 9.59 Å². The van der Waals surface area contributed by atoms with E-state index in [0.29, 0.717) is 24.5 Å². The Kier molecular flexibility index (Phi) is 9.20. The van der Waals surface area contributed by atoms with Crippen LogP contribution >= 0.6 is 11.6 Å². The topological polar surface area (TPSA) is 49.4 Å². The SMILES string of the molecule is CCCCNC(=O)C(CC)N(Cc1ccc(C)cc1)C(=O)Cc1ccc(Cl)cc1. The fourth-order valence-electron chi connectivity index (χ4n) is 3.19. The van der Waals surface area contributed by atoms with Crippen molar-refractivity contribution in [2.45, 2.75) is 59.0 Å². The third-order valence-corrected chi connectivity index (χ3v) is 5.21. The number of carbonyl (C=O) groups excluding carboxylic acids is 2. The predicted molar refractivity (Wildman–Crippen MR) is 119 cm³/mol. The summed E-state index contributed by atoms with van der Waals surface area (Å²) < 4.78 is 0. The molecule has 2 aromatic rings. The smallest absolute Gasteiger partial charge is 0.242 e. The monoisotopic (exact) mass is 414 g/mol. The molecule has 0 radical (unpaired) electrons. The third kappa shape index (κ3) is 7.21. The molecule has 0 saturated heterocycles. The summed E-state index contributed by atoms with van der Waals surface area (Å²) in [5.41, 5.74) is 3.06. The van der Waals surface area contributed by atoms with Crippen molar-refractivity contribution in [2.24, 2.45) is 0 Å². The van der Waals surface area contributed by atoms with Crippen molar-refractivity contribution in [3.05, 3.63) is 70.2 Å². The van der Waals surface area contributed by atoms with Gasteiger partial charge in [0.25, 0.3) is 0 Å². The highest BCUT2D eigenvalue weighted by Crippen LogP contribution is 2.16. The molecule has 0 aliphatic carbocycles. The van der Waals surface area contributed by atoms with Crippen LogP contribution in [0.15, 0.2) is 48.5 Å². The van der Waals surface area contributed by atoms with Crippen LogP contribution in [0.25, 0.3) is 0 Å². The van der Waals surface area contributed by atoms with Gasteiger partial charge in [-0.3, -0.25) is 9.59 Å². The number of rotatable bonds is 10. The minimum absolute atomic E-state index is 0.0645. The molecule has 0 saturated carbocycles. The van der Waals surface area contributed by atoms with Crippen LogP contribution in [0, 0.1) is 6.92 Å². The molecule has 4 nitrogen and oxygen atoms in total. The quantitative estimate of drug-likeness (QED) is 0.561. The van der Waals surface area contributed by atoms with Crippen molar-refractivity contribution in [3.8, 4) is 0 Å². The summed E-state index contributed by atoms with van der Waals surface area (Å²) in [6.45, 7) is 7.11. The number of halogens is 1. The zero-order valence-corrected chi connectivity index (χ0v) is 18.3. The van der Waals surface area contributed by atoms with E-state index in [1.165, 1.54) is 0 Å². The van der Waals surface area contributed by atoms with E-state index in [0.717, 1.165) is 29.5 Å². The molecule has 0 aliphatic heterocycles. The van der Waals surface area contributed by atoms with Gasteiger partial charge in [-0.2, -0.15) is 0 Å². The second-order valence-electron chi connectivity index (χ2n) is 7.38. The summed E-state index contributed by atoms with van der Waals surface area (Å²) in [5.74, 6) is -0.150. The maximum absolute atomic E-state index is 13.2. The molecule has 1 N–H and O–H groups in total. The molecular weight excluding hydrogens is 384 g/mol. The lowest BCUT2D eigenvalue weighted by Gasteiger charge is -2.31. The van der Waals surface area contributed by atoms with Crippen molar-refractivity contribution in [1.82, 2.24) is 10.2 Å². The first-order valence-electron chi connectivity index (χ1n) is 10.3. The van der Waals surface area contributed by atoms with Crippen LogP contribution < -0.4 is 5.32 Å². The van der Waals surface area contributed by atoms with E-state index in [9.17, 15) is 9.59 Å². The summed E-state index contributed by atoms with van der Waals surface area (Å²) in [6.07, 6.45) is 2.75. The van der Waals surface area contributed by atoms with Crippen molar-refractivity contribution >= 4 is 23.4 Å². The fourth-order valence-corrected chi connectivity index (χ4v) is 3.32. The van der Waals surface area contributed by atoms with E-state index in [4.69, 9.17) is 11.6 Å². The maximum Gasteiger partial charge on any atom is 0.242 e. The molecule has 0 heterocycles. The molecule has 0 aromatic heterocycles. The lowest BCUT2D eigenvalue weighted by molar-refractivity contribution is -0.140. The number of hydrogen-bond donors (Lipinski definition) is 1. The zero-order valence-electron chi connectivity index (χ0n) is 17.6. The Bertz CT molecular complexity index is 788. The summed E-state index contributed by atoms with van der Waals surface area (Å²) in [6, 6.07) is 14.9. The van der Waals surface area contributed by atoms with E-state index in [1.54, 1.807) is 17.0 Å². The number of nitrogens with zero attached hydrogens (tertiary/aromatic N) is 1. The van der Waals surface area contributed by atoms with Crippen LogP contribution in [0.5, 0.6) is 0 Å². The van der Waals surface area contributed by atoms with E-state index >= 15 is 0 Å². The Morgan fingerprint density at radius 2 is 1.62 bits per heavy atom. The standard InChI is InChI=1S/C24H31ClN2O2/c1-4-6-15-26-24(29)22(5-2)27(17-20-9-7-18(3)8-10-20)23(28)16-19-11-13-21(25)14-12-19/h7-14,22H,4-6,15-17H2,1-3H3,(H,26,29). The Balaban J connectivity index is 2.22. The summed E-state index contributed by atoms with van der Waals surface area (Å²) in [7, 11) is 0. The second kappa shape index (κ2) is 11.6. The molecule has 0 bridgehead atoms. The number of hydrogen-bond acceptors (Lipinski definition) is 2. The third-order valence-electron chi connectivity index (χ3n) is 4.96. The van der Waals surface area contributed by atoms with Gasteiger partial charge in [0.15, 0.2) is 0 Å². The molecule has 0 aliphatic rings. The number of carbonyl (C=O) groups is 2. The maximum atomic E-state index is 13.2. The lowest BCUT2D eigenvalue weighted by Crippen LogP contribution is -2.49. The Morgan fingerprint density at radius 3 is 2.21 bits per heavy atom. The van der Waals surface area contributed by atoms with Gasteiger partial charge in [-0.05, 0) is 43.0 Å². The number of nitrogens with one attached hydrogen (secondary N) is 1. The van der Waals surface area contributed by atoms with Gasteiger partial charge >= 0.3 is 0 Å². The molecule has 29 heavy (non-hydrogen) atoms. The average Bonchev–Trinajstić information content (AvgIpc) is 2.71. The van der Waals surface area contributed by atoms with Gasteiger partial charge in [-0.25, -0.2) is 0 Å². The van der Waals surface area contributed by atoms with Crippen LogP contribution in [0.4, 0.5) is 0 Å². The van der Waals surface area contributed by atoms with Gasteiger partial charge in [0, 0.05) is 18.1 Å². The van der Waals surface area contributed by atoms with E-state index < -0.39 is 6.04 Å². The zero-order chi connectivity index (χ0) is 21.2. The summed E-state index contributed by atoms with van der Waals surface area (Å²) in [5, 5.41) is 3.62. The van der Waals surface area contributed by atoms with Gasteiger partial charge in [-0.1, -0.05) is 73.8 Å². The molecule has 2 rings (SSSR count). The molecular formula is C24H31ClN2O2. The number of amides is 2. The highest BCUT2D eigenvalue weighted by atomic mass is 35.5.